The quantitative estimate of drug-likeness (QED) is 0.0251. The molecule has 2 unspecified atom stereocenters. The van der Waals surface area contributed by atoms with Crippen molar-refractivity contribution in [3.8, 4) is 5.75 Å². The maximum Gasteiger partial charge on any atom is 0.313 e. The molecule has 5 heterocycles. The normalized spacial score (nSPS) is 16.3. The van der Waals surface area contributed by atoms with Gasteiger partial charge in [0.15, 0.2) is 11.6 Å². The third-order valence-corrected chi connectivity index (χ3v) is 14.7. The fraction of sp³-hybridized carbons (Fsp3) is 0.633. The van der Waals surface area contributed by atoms with Crippen molar-refractivity contribution in [2.75, 3.05) is 112 Å². The minimum atomic E-state index is -1.31. The molecule has 2 fully saturated rings. The summed E-state index contributed by atoms with van der Waals surface area (Å²) in [5.74, 6) is -3.35. The van der Waals surface area contributed by atoms with Crippen LogP contribution in [0.15, 0.2) is 61.1 Å². The fourth-order valence-corrected chi connectivity index (χ4v) is 10.5. The smallest absolute Gasteiger partial charge is 0.313 e. The van der Waals surface area contributed by atoms with Crippen molar-refractivity contribution >= 4 is 17.8 Å². The van der Waals surface area contributed by atoms with E-state index in [0.29, 0.717) is 154 Å². The number of fused-ring (bicyclic) bond motifs is 2. The summed E-state index contributed by atoms with van der Waals surface area (Å²) >= 11 is 0. The second kappa shape index (κ2) is 37.5. The van der Waals surface area contributed by atoms with Crippen LogP contribution in [0.5, 0.6) is 5.75 Å². The molecule has 2 N–H and O–H groups in total. The highest BCUT2D eigenvalue weighted by molar-refractivity contribution is 5.76. The van der Waals surface area contributed by atoms with Crippen molar-refractivity contribution in [3.05, 3.63) is 107 Å². The van der Waals surface area contributed by atoms with E-state index in [0.717, 1.165) is 60.7 Å². The standard InChI is InChI=1S/C60H86F3N11O12/c1-44(2)60-69-67-45(3)74(60)52-37-50-13-14-51(38-52)73(50)17-15-55(47-9-5-4-6-10-47)66-57(76)43-72-41-46(40-65-72)39-64-56(75)12-8-7-11-49-42-71(70-68-49)18-20-79-22-24-81-26-28-83-30-32-85-34-33-84-31-29-82-27-25-80-23-21-78-19-16-58(77)86-59-53(62)35-48(61)36-54(59)63/h4-6,9-10,35-36,40-42,44,50-52,55H,7-8,11-34,37-39,43H2,1-3H3,(H,64,75)(H,66,76)/t50?,51?,52?,55-/m0/s1. The second-order valence-corrected chi connectivity index (χ2v) is 21.5. The molecule has 3 atom stereocenters. The lowest BCUT2D eigenvalue weighted by molar-refractivity contribution is -0.136. The number of ether oxygens (including phenoxy) is 9. The van der Waals surface area contributed by atoms with E-state index in [1.165, 1.54) is 12.8 Å². The molecule has 26 heteroatoms. The summed E-state index contributed by atoms with van der Waals surface area (Å²) in [6.07, 6.45) is 13.1. The van der Waals surface area contributed by atoms with Crippen molar-refractivity contribution in [1.82, 2.24) is 55.1 Å². The van der Waals surface area contributed by atoms with Crippen LogP contribution >= 0.6 is 0 Å². The number of rotatable bonds is 44. The Hall–Kier alpha value is -6.23. The maximum absolute atomic E-state index is 13.6. The summed E-state index contributed by atoms with van der Waals surface area (Å²) in [7, 11) is 0. The average molecular weight is 1210 g/mol. The van der Waals surface area contributed by atoms with Gasteiger partial charge in [-0.1, -0.05) is 49.4 Å². The van der Waals surface area contributed by atoms with E-state index >= 15 is 0 Å². The Bertz CT molecular complexity index is 2740. The number of carbonyl (C=O) groups is 3. The lowest BCUT2D eigenvalue weighted by Gasteiger charge is -2.40. The molecular weight excluding hydrogens is 1120 g/mol. The zero-order valence-electron chi connectivity index (χ0n) is 49.9. The molecule has 2 saturated heterocycles. The SMILES string of the molecule is Cc1nnc(C(C)C)n1C1CC2CCC(C1)N2CC[C@H](NC(=O)Cn1cc(CNC(=O)CCCCc2cn(CCOCCOCCOCCOCCOCCOCCOCCOCCC(=O)Oc3c(F)cc(F)cc3F)nn2)cn1)c1ccccc1. The first kappa shape index (κ1) is 67.3. The first-order chi connectivity index (χ1) is 41.9. The Balaban J connectivity index is 0.615. The monoisotopic (exact) mass is 1210 g/mol. The number of piperidine rings is 1. The summed E-state index contributed by atoms with van der Waals surface area (Å²) in [5, 5.41) is 28.1. The van der Waals surface area contributed by atoms with E-state index in [1.54, 1.807) is 15.6 Å². The van der Waals surface area contributed by atoms with Crippen LogP contribution in [0.1, 0.15) is 118 Å². The predicted molar refractivity (Wildman–Crippen MR) is 307 cm³/mol. The number of benzene rings is 2. The number of hydrogen-bond acceptors (Lipinski definition) is 18. The number of aryl methyl sites for hydroxylation is 2. The van der Waals surface area contributed by atoms with Crippen LogP contribution in [0, 0.1) is 24.4 Å². The number of amides is 2. The molecule has 3 aromatic heterocycles. The Morgan fingerprint density at radius 1 is 0.651 bits per heavy atom. The lowest BCUT2D eigenvalue weighted by atomic mass is 9.95. The van der Waals surface area contributed by atoms with Gasteiger partial charge in [0.25, 0.3) is 0 Å². The van der Waals surface area contributed by atoms with Gasteiger partial charge in [0.2, 0.25) is 17.6 Å². The van der Waals surface area contributed by atoms with Crippen LogP contribution < -0.4 is 15.4 Å². The van der Waals surface area contributed by atoms with Crippen LogP contribution in [-0.2, 0) is 78.3 Å². The van der Waals surface area contributed by atoms with Crippen molar-refractivity contribution in [2.45, 2.75) is 135 Å². The van der Waals surface area contributed by atoms with Gasteiger partial charge in [-0.2, -0.15) is 5.10 Å². The number of nitrogens with zero attached hydrogens (tertiary/aromatic N) is 9. The van der Waals surface area contributed by atoms with Crippen LogP contribution in [-0.4, -0.2) is 187 Å². The molecule has 0 radical (unpaired) electrons. The second-order valence-electron chi connectivity index (χ2n) is 21.5. The lowest BCUT2D eigenvalue weighted by Crippen LogP contribution is -2.45. The van der Waals surface area contributed by atoms with Crippen LogP contribution in [0.2, 0.25) is 0 Å². The van der Waals surface area contributed by atoms with E-state index < -0.39 is 29.2 Å². The highest BCUT2D eigenvalue weighted by atomic mass is 19.1. The predicted octanol–water partition coefficient (Wildman–Crippen LogP) is 6.19. The highest BCUT2D eigenvalue weighted by Crippen LogP contribution is 2.42. The van der Waals surface area contributed by atoms with Crippen molar-refractivity contribution in [1.29, 1.82) is 0 Å². The number of hydrogen-bond donors (Lipinski definition) is 2. The Morgan fingerprint density at radius 2 is 1.23 bits per heavy atom. The summed E-state index contributed by atoms with van der Waals surface area (Å²) in [5.41, 5.74) is 2.77. The number of carbonyl (C=O) groups excluding carboxylic acids is 3. The van der Waals surface area contributed by atoms with Gasteiger partial charge in [-0.05, 0) is 63.9 Å². The van der Waals surface area contributed by atoms with E-state index in [2.05, 4.69) is 83.3 Å². The van der Waals surface area contributed by atoms with E-state index in [-0.39, 0.29) is 50.6 Å². The molecule has 2 aliphatic heterocycles. The van der Waals surface area contributed by atoms with Gasteiger partial charge in [-0.15, -0.1) is 15.3 Å². The van der Waals surface area contributed by atoms with Gasteiger partial charge in [0.05, 0.1) is 137 Å². The zero-order chi connectivity index (χ0) is 60.7. The third-order valence-electron chi connectivity index (χ3n) is 14.7. The van der Waals surface area contributed by atoms with E-state index in [9.17, 15) is 27.6 Å². The summed E-state index contributed by atoms with van der Waals surface area (Å²) < 4.78 is 94.4. The largest absolute Gasteiger partial charge is 0.420 e. The Kier molecular flexibility index (Phi) is 29.3. The molecule has 474 valence electrons. The van der Waals surface area contributed by atoms with Gasteiger partial charge < -0.3 is 57.8 Å². The van der Waals surface area contributed by atoms with Crippen LogP contribution in [0.25, 0.3) is 0 Å². The molecule has 0 aliphatic carbocycles. The molecule has 0 spiro atoms. The van der Waals surface area contributed by atoms with Gasteiger partial charge >= 0.3 is 5.97 Å². The first-order valence-electron chi connectivity index (χ1n) is 30.1. The van der Waals surface area contributed by atoms with Crippen molar-refractivity contribution in [2.24, 2.45) is 0 Å². The summed E-state index contributed by atoms with van der Waals surface area (Å²) in [6.45, 7) is 14.1. The van der Waals surface area contributed by atoms with Crippen molar-refractivity contribution in [3.63, 3.8) is 0 Å². The molecule has 0 saturated carbocycles. The minimum absolute atomic E-state index is 0.0463. The van der Waals surface area contributed by atoms with E-state index in [1.807, 2.05) is 30.6 Å². The molecule has 5 aromatic rings. The third kappa shape index (κ3) is 23.5. The molecule has 2 aromatic carbocycles. The number of unbranched alkanes of at least 4 members (excludes halogenated alkanes) is 1. The number of aromatic nitrogens is 8. The number of esters is 1. The van der Waals surface area contributed by atoms with E-state index in [4.69, 9.17) is 37.9 Å². The van der Waals surface area contributed by atoms with Gasteiger partial charge in [0.1, 0.15) is 24.0 Å². The summed E-state index contributed by atoms with van der Waals surface area (Å²) in [6, 6.07) is 12.3. The van der Waals surface area contributed by atoms with Gasteiger partial charge in [-0.3, -0.25) is 24.0 Å². The molecule has 2 amide bonds. The number of nitrogens with one attached hydrogen (secondary N) is 2. The molecule has 2 aliphatic rings. The highest BCUT2D eigenvalue weighted by Gasteiger charge is 2.42. The fourth-order valence-electron chi connectivity index (χ4n) is 10.5. The summed E-state index contributed by atoms with van der Waals surface area (Å²) in [4.78, 5) is 40.7. The topological polar surface area (TPSA) is 241 Å². The minimum Gasteiger partial charge on any atom is -0.420 e. The van der Waals surface area contributed by atoms with Crippen molar-refractivity contribution < 1.29 is 70.2 Å². The Morgan fingerprint density at radius 3 is 1.83 bits per heavy atom. The van der Waals surface area contributed by atoms with Crippen LogP contribution in [0.3, 0.4) is 0 Å². The molecule has 23 nitrogen and oxygen atoms in total. The average Bonchev–Trinajstić information content (AvgIpc) is 3.46. The molecule has 2 bridgehead atoms. The number of halogens is 3. The molecular formula is C60H86F3N11O12. The zero-order valence-corrected chi connectivity index (χ0v) is 49.9. The van der Waals surface area contributed by atoms with Gasteiger partial charge in [0, 0.05) is 73.6 Å². The molecule has 86 heavy (non-hydrogen) atoms. The molecule has 7 rings (SSSR count). The Labute approximate surface area is 501 Å². The first-order valence-corrected chi connectivity index (χ1v) is 30.1. The van der Waals surface area contributed by atoms with Gasteiger partial charge in [-0.25, -0.2) is 17.9 Å². The maximum atomic E-state index is 13.6. The van der Waals surface area contributed by atoms with Crippen LogP contribution in [0.4, 0.5) is 13.2 Å².